The molecule has 1 aliphatic heterocycles. The maximum atomic E-state index is 12.8. The third kappa shape index (κ3) is 4.75. The lowest BCUT2D eigenvalue weighted by Crippen LogP contribution is -2.21. The third-order valence-electron chi connectivity index (χ3n) is 4.43. The van der Waals surface area contributed by atoms with Crippen molar-refractivity contribution in [2.24, 2.45) is 0 Å². The largest absolute Gasteiger partial charge is 0.382 e. The van der Waals surface area contributed by atoms with Crippen LogP contribution in [0.5, 0.6) is 0 Å². The molecule has 2 aromatic carbocycles. The van der Waals surface area contributed by atoms with Crippen LogP contribution in [0.2, 0.25) is 5.02 Å². The molecule has 0 bridgehead atoms. The molecule has 0 aliphatic carbocycles. The molecule has 1 unspecified atom stereocenters. The number of benzene rings is 2. The molecule has 1 atom stereocenters. The first-order chi connectivity index (χ1) is 12.9. The number of ether oxygens (including phenoxy) is 1. The molecule has 8 heteroatoms. The van der Waals surface area contributed by atoms with Crippen LogP contribution in [0, 0.1) is 17.0 Å². The molecule has 0 radical (unpaired) electrons. The second-order valence-electron chi connectivity index (χ2n) is 6.42. The van der Waals surface area contributed by atoms with Gasteiger partial charge >= 0.3 is 0 Å². The van der Waals surface area contributed by atoms with E-state index in [0.29, 0.717) is 22.9 Å². The Morgan fingerprint density at radius 3 is 2.81 bits per heavy atom. The Balaban J connectivity index is 1.82. The van der Waals surface area contributed by atoms with E-state index in [2.05, 4.69) is 10.6 Å². The lowest BCUT2D eigenvalue weighted by atomic mass is 10.1. The van der Waals surface area contributed by atoms with E-state index in [9.17, 15) is 14.9 Å². The fourth-order valence-corrected chi connectivity index (χ4v) is 3.07. The topological polar surface area (TPSA) is 93.5 Å². The Kier molecular flexibility index (Phi) is 5.93. The molecule has 142 valence electrons. The summed E-state index contributed by atoms with van der Waals surface area (Å²) in [4.78, 5) is 23.3. The van der Waals surface area contributed by atoms with Crippen LogP contribution in [-0.2, 0) is 4.74 Å². The summed E-state index contributed by atoms with van der Waals surface area (Å²) in [5, 5.41) is 17.6. The van der Waals surface area contributed by atoms with Gasteiger partial charge in [0.1, 0.15) is 0 Å². The van der Waals surface area contributed by atoms with Crippen LogP contribution in [-0.4, -0.2) is 30.1 Å². The van der Waals surface area contributed by atoms with Crippen molar-refractivity contribution < 1.29 is 14.5 Å². The van der Waals surface area contributed by atoms with E-state index in [1.165, 1.54) is 12.1 Å². The van der Waals surface area contributed by atoms with Crippen LogP contribution in [0.15, 0.2) is 36.4 Å². The Morgan fingerprint density at radius 2 is 2.15 bits per heavy atom. The molecule has 27 heavy (non-hydrogen) atoms. The molecular weight excluding hydrogens is 370 g/mol. The van der Waals surface area contributed by atoms with E-state index in [0.717, 1.165) is 25.0 Å². The van der Waals surface area contributed by atoms with E-state index in [1.807, 2.05) is 6.92 Å². The highest BCUT2D eigenvalue weighted by Gasteiger charge is 2.20. The van der Waals surface area contributed by atoms with Crippen molar-refractivity contribution in [2.75, 3.05) is 23.8 Å². The number of amides is 1. The molecule has 1 heterocycles. The summed E-state index contributed by atoms with van der Waals surface area (Å²) in [6.45, 7) is 3.13. The Morgan fingerprint density at radius 1 is 1.33 bits per heavy atom. The van der Waals surface area contributed by atoms with Gasteiger partial charge in [-0.25, -0.2) is 0 Å². The number of nitro groups is 1. The molecule has 1 fully saturated rings. The number of nitrogens with one attached hydrogen (secondary N) is 2. The highest BCUT2D eigenvalue weighted by atomic mass is 35.5. The fourth-order valence-electron chi connectivity index (χ4n) is 2.89. The number of halogens is 1. The maximum Gasteiger partial charge on any atom is 0.270 e. The van der Waals surface area contributed by atoms with Gasteiger partial charge in [-0.15, -0.1) is 0 Å². The zero-order valence-corrected chi connectivity index (χ0v) is 15.6. The smallest absolute Gasteiger partial charge is 0.270 e. The summed E-state index contributed by atoms with van der Waals surface area (Å²) in [6, 6.07) is 9.36. The first-order valence-corrected chi connectivity index (χ1v) is 9.03. The first kappa shape index (κ1) is 19.1. The number of carbonyl (C=O) groups excluding carboxylic acids is 1. The maximum absolute atomic E-state index is 12.8. The Hall–Kier alpha value is -2.64. The number of hydrogen-bond donors (Lipinski definition) is 2. The summed E-state index contributed by atoms with van der Waals surface area (Å²) < 4.78 is 5.57. The van der Waals surface area contributed by atoms with Crippen LogP contribution >= 0.6 is 11.6 Å². The van der Waals surface area contributed by atoms with E-state index >= 15 is 0 Å². The van der Waals surface area contributed by atoms with Crippen LogP contribution in [0.3, 0.4) is 0 Å². The quantitative estimate of drug-likeness (QED) is 0.564. The van der Waals surface area contributed by atoms with Crippen molar-refractivity contribution in [2.45, 2.75) is 25.9 Å². The van der Waals surface area contributed by atoms with Gasteiger partial charge in [-0.3, -0.25) is 14.9 Å². The standard InChI is InChI=1S/C19H20ClN3O4/c1-12-4-5-13(9-17(12)20)22-19(24)16-10-14(23(25)26)6-7-18(16)21-11-15-3-2-8-27-15/h4-7,9-10,15,21H,2-3,8,11H2,1H3,(H,22,24). The highest BCUT2D eigenvalue weighted by molar-refractivity contribution is 6.31. The van der Waals surface area contributed by atoms with Crippen LogP contribution < -0.4 is 10.6 Å². The lowest BCUT2D eigenvalue weighted by Gasteiger charge is -2.15. The van der Waals surface area contributed by atoms with Gasteiger partial charge in [-0.1, -0.05) is 17.7 Å². The minimum Gasteiger partial charge on any atom is -0.382 e. The van der Waals surface area contributed by atoms with Crippen molar-refractivity contribution in [3.8, 4) is 0 Å². The van der Waals surface area contributed by atoms with E-state index in [4.69, 9.17) is 16.3 Å². The van der Waals surface area contributed by atoms with Crippen molar-refractivity contribution in [3.05, 3.63) is 62.7 Å². The van der Waals surface area contributed by atoms with E-state index in [1.54, 1.807) is 24.3 Å². The third-order valence-corrected chi connectivity index (χ3v) is 4.84. The normalized spacial score (nSPS) is 16.1. The summed E-state index contributed by atoms with van der Waals surface area (Å²) in [7, 11) is 0. The molecule has 0 saturated carbocycles. The molecule has 0 spiro atoms. The highest BCUT2D eigenvalue weighted by Crippen LogP contribution is 2.26. The summed E-state index contributed by atoms with van der Waals surface area (Å²) in [6.07, 6.45) is 2.03. The zero-order chi connectivity index (χ0) is 19.4. The van der Waals surface area contributed by atoms with Gasteiger partial charge in [0.05, 0.1) is 16.6 Å². The summed E-state index contributed by atoms with van der Waals surface area (Å²) in [5.74, 6) is -0.450. The van der Waals surface area contributed by atoms with Crippen LogP contribution in [0.4, 0.5) is 17.1 Å². The lowest BCUT2D eigenvalue weighted by molar-refractivity contribution is -0.384. The second kappa shape index (κ2) is 8.37. The number of nitro benzene ring substituents is 1. The van der Waals surface area contributed by atoms with Gasteiger partial charge < -0.3 is 15.4 Å². The Labute approximate surface area is 161 Å². The van der Waals surface area contributed by atoms with Gasteiger partial charge in [0, 0.05) is 41.7 Å². The molecule has 2 N–H and O–H groups in total. The van der Waals surface area contributed by atoms with Crippen molar-refractivity contribution in [1.29, 1.82) is 0 Å². The minimum absolute atomic E-state index is 0.0759. The number of rotatable bonds is 6. The second-order valence-corrected chi connectivity index (χ2v) is 6.83. The van der Waals surface area contributed by atoms with Gasteiger partial charge in [-0.05, 0) is 43.5 Å². The van der Waals surface area contributed by atoms with E-state index < -0.39 is 10.8 Å². The minimum atomic E-state index is -0.524. The average Bonchev–Trinajstić information content (AvgIpc) is 3.16. The molecule has 1 saturated heterocycles. The number of anilines is 2. The van der Waals surface area contributed by atoms with Crippen molar-refractivity contribution in [3.63, 3.8) is 0 Å². The van der Waals surface area contributed by atoms with Crippen molar-refractivity contribution >= 4 is 34.6 Å². The molecule has 1 aliphatic rings. The molecular formula is C19H20ClN3O4. The number of nitrogens with zero attached hydrogens (tertiary/aromatic N) is 1. The van der Waals surface area contributed by atoms with Gasteiger partial charge in [0.15, 0.2) is 0 Å². The Bertz CT molecular complexity index is 866. The molecule has 1 amide bonds. The summed E-state index contributed by atoms with van der Waals surface area (Å²) in [5.41, 5.74) is 1.98. The van der Waals surface area contributed by atoms with Gasteiger partial charge in [-0.2, -0.15) is 0 Å². The van der Waals surface area contributed by atoms with E-state index in [-0.39, 0.29) is 17.4 Å². The fraction of sp³-hybridized carbons (Fsp3) is 0.316. The number of non-ortho nitro benzene ring substituents is 1. The van der Waals surface area contributed by atoms with Crippen molar-refractivity contribution in [1.82, 2.24) is 0 Å². The number of aryl methyl sites for hydroxylation is 1. The predicted molar refractivity (Wildman–Crippen MR) is 105 cm³/mol. The van der Waals surface area contributed by atoms with Gasteiger partial charge in [0.2, 0.25) is 0 Å². The van der Waals surface area contributed by atoms with Crippen LogP contribution in [0.25, 0.3) is 0 Å². The monoisotopic (exact) mass is 389 g/mol. The number of hydrogen-bond acceptors (Lipinski definition) is 5. The molecule has 0 aromatic heterocycles. The average molecular weight is 390 g/mol. The van der Waals surface area contributed by atoms with Crippen LogP contribution in [0.1, 0.15) is 28.8 Å². The summed E-state index contributed by atoms with van der Waals surface area (Å²) >= 11 is 6.10. The molecule has 3 rings (SSSR count). The molecule has 2 aromatic rings. The SMILES string of the molecule is Cc1ccc(NC(=O)c2cc([N+](=O)[O-])ccc2NCC2CCCO2)cc1Cl. The zero-order valence-electron chi connectivity index (χ0n) is 14.8. The number of carbonyl (C=O) groups is 1. The first-order valence-electron chi connectivity index (χ1n) is 8.65. The predicted octanol–water partition coefficient (Wildman–Crippen LogP) is 4.40. The van der Waals surface area contributed by atoms with Gasteiger partial charge in [0.25, 0.3) is 11.6 Å². The molecule has 7 nitrogen and oxygen atoms in total.